The molecule has 6 heteroatoms. The first-order valence-electron chi connectivity index (χ1n) is 7.09. The molecular formula is C15H20F3NO2. The highest BCUT2D eigenvalue weighted by Gasteiger charge is 2.35. The summed E-state index contributed by atoms with van der Waals surface area (Å²) < 4.78 is 46.6. The number of benzene rings is 1. The van der Waals surface area contributed by atoms with Crippen molar-refractivity contribution >= 4 is 0 Å². The van der Waals surface area contributed by atoms with Gasteiger partial charge in [-0.1, -0.05) is 19.1 Å². The van der Waals surface area contributed by atoms with E-state index in [0.717, 1.165) is 18.4 Å². The summed E-state index contributed by atoms with van der Waals surface area (Å²) in [7, 11) is 1.81. The van der Waals surface area contributed by atoms with Crippen LogP contribution in [0.2, 0.25) is 0 Å². The van der Waals surface area contributed by atoms with Crippen molar-refractivity contribution in [1.29, 1.82) is 0 Å². The van der Waals surface area contributed by atoms with E-state index in [4.69, 9.17) is 4.74 Å². The zero-order chi connectivity index (χ0) is 15.5. The predicted octanol–water partition coefficient (Wildman–Crippen LogP) is 3.66. The third-order valence-electron chi connectivity index (χ3n) is 3.85. The fourth-order valence-corrected chi connectivity index (χ4v) is 3.00. The van der Waals surface area contributed by atoms with Crippen molar-refractivity contribution < 1.29 is 22.6 Å². The molecule has 118 valence electrons. The highest BCUT2D eigenvalue weighted by atomic mass is 19.4. The summed E-state index contributed by atoms with van der Waals surface area (Å²) in [5, 5.41) is 3.20. The molecule has 0 amide bonds. The molecule has 3 atom stereocenters. The first-order valence-corrected chi connectivity index (χ1v) is 7.09. The van der Waals surface area contributed by atoms with E-state index in [1.165, 1.54) is 12.1 Å². The molecule has 0 bridgehead atoms. The van der Waals surface area contributed by atoms with E-state index in [9.17, 15) is 13.2 Å². The number of nitrogens with one attached hydrogen (secondary N) is 1. The van der Waals surface area contributed by atoms with Crippen molar-refractivity contribution in [3.63, 3.8) is 0 Å². The Morgan fingerprint density at radius 3 is 2.81 bits per heavy atom. The first-order chi connectivity index (χ1) is 9.94. The van der Waals surface area contributed by atoms with Crippen LogP contribution in [0.1, 0.15) is 31.4 Å². The molecule has 1 heterocycles. The summed E-state index contributed by atoms with van der Waals surface area (Å²) in [5.41, 5.74) is 0.785. The maximum absolute atomic E-state index is 12.3. The van der Waals surface area contributed by atoms with E-state index in [1.54, 1.807) is 6.07 Å². The van der Waals surface area contributed by atoms with Crippen molar-refractivity contribution in [1.82, 2.24) is 5.32 Å². The standard InChI is InChI=1S/C15H20F3NO2/c1-3-13-12(7-8-20-13)14(19-2)10-5-4-6-11(9-10)21-15(16,17)18/h4-6,9,12-14,19H,3,7-8H2,1-2H3. The second kappa shape index (κ2) is 6.66. The number of halogens is 3. The second-order valence-electron chi connectivity index (χ2n) is 5.16. The minimum Gasteiger partial charge on any atom is -0.406 e. The molecule has 21 heavy (non-hydrogen) atoms. The Balaban J connectivity index is 2.20. The Morgan fingerprint density at radius 2 is 2.19 bits per heavy atom. The fraction of sp³-hybridized carbons (Fsp3) is 0.600. The van der Waals surface area contributed by atoms with Crippen molar-refractivity contribution in [2.45, 2.75) is 38.3 Å². The van der Waals surface area contributed by atoms with Gasteiger partial charge in [-0.25, -0.2) is 0 Å². The van der Waals surface area contributed by atoms with Gasteiger partial charge in [0.15, 0.2) is 0 Å². The van der Waals surface area contributed by atoms with Crippen LogP contribution in [-0.4, -0.2) is 26.1 Å². The average Bonchev–Trinajstić information content (AvgIpc) is 2.86. The Hall–Kier alpha value is -1.27. The van der Waals surface area contributed by atoms with E-state index in [0.29, 0.717) is 6.61 Å². The third kappa shape index (κ3) is 4.11. The molecule has 0 spiro atoms. The number of hydrogen-bond donors (Lipinski definition) is 1. The SMILES string of the molecule is CCC1OCCC1C(NC)c1cccc(OC(F)(F)F)c1. The Bertz CT molecular complexity index is 464. The molecule has 1 saturated heterocycles. The van der Waals surface area contributed by atoms with Crippen LogP contribution in [0.15, 0.2) is 24.3 Å². The summed E-state index contributed by atoms with van der Waals surface area (Å²) in [4.78, 5) is 0. The molecule has 2 rings (SSSR count). The zero-order valence-electron chi connectivity index (χ0n) is 12.1. The van der Waals surface area contributed by atoms with E-state index in [2.05, 4.69) is 17.0 Å². The molecule has 0 radical (unpaired) electrons. The van der Waals surface area contributed by atoms with Crippen LogP contribution in [0.25, 0.3) is 0 Å². The van der Waals surface area contributed by atoms with Crippen molar-refractivity contribution in [3.05, 3.63) is 29.8 Å². The maximum Gasteiger partial charge on any atom is 0.573 e. The lowest BCUT2D eigenvalue weighted by Crippen LogP contribution is -2.30. The van der Waals surface area contributed by atoms with E-state index in [1.807, 2.05) is 13.1 Å². The predicted molar refractivity (Wildman–Crippen MR) is 73.1 cm³/mol. The molecule has 0 aliphatic carbocycles. The lowest BCUT2D eigenvalue weighted by Gasteiger charge is -2.27. The molecule has 1 aliphatic heterocycles. The summed E-state index contributed by atoms with van der Waals surface area (Å²) in [6.07, 6.45) is -2.75. The minimum absolute atomic E-state index is 0.0470. The number of rotatable bonds is 5. The van der Waals surface area contributed by atoms with Gasteiger partial charge in [-0.15, -0.1) is 13.2 Å². The number of hydrogen-bond acceptors (Lipinski definition) is 3. The topological polar surface area (TPSA) is 30.5 Å². The van der Waals surface area contributed by atoms with Crippen LogP contribution in [0, 0.1) is 5.92 Å². The normalized spacial score (nSPS) is 24.0. The lowest BCUT2D eigenvalue weighted by molar-refractivity contribution is -0.274. The van der Waals surface area contributed by atoms with Gasteiger partial charge >= 0.3 is 6.36 Å². The average molecular weight is 303 g/mol. The highest BCUT2D eigenvalue weighted by molar-refractivity contribution is 5.31. The summed E-state index contributed by atoms with van der Waals surface area (Å²) >= 11 is 0. The molecule has 0 saturated carbocycles. The van der Waals surface area contributed by atoms with Gasteiger partial charge in [-0.05, 0) is 37.6 Å². The van der Waals surface area contributed by atoms with E-state index < -0.39 is 6.36 Å². The van der Waals surface area contributed by atoms with Crippen LogP contribution in [0.3, 0.4) is 0 Å². The smallest absolute Gasteiger partial charge is 0.406 e. The molecule has 1 aromatic carbocycles. The van der Waals surface area contributed by atoms with Gasteiger partial charge in [0, 0.05) is 18.6 Å². The maximum atomic E-state index is 12.3. The Kier molecular flexibility index (Phi) is 5.11. The molecule has 1 aromatic rings. The number of ether oxygens (including phenoxy) is 2. The molecule has 3 nitrogen and oxygen atoms in total. The van der Waals surface area contributed by atoms with Crippen molar-refractivity contribution in [3.8, 4) is 5.75 Å². The monoisotopic (exact) mass is 303 g/mol. The van der Waals surface area contributed by atoms with Crippen LogP contribution < -0.4 is 10.1 Å². The lowest BCUT2D eigenvalue weighted by atomic mass is 9.87. The molecular weight excluding hydrogens is 283 g/mol. The van der Waals surface area contributed by atoms with Gasteiger partial charge in [0.25, 0.3) is 0 Å². The van der Waals surface area contributed by atoms with Gasteiger partial charge in [-0.2, -0.15) is 0 Å². The number of alkyl halides is 3. The molecule has 1 aliphatic rings. The fourth-order valence-electron chi connectivity index (χ4n) is 3.00. The van der Waals surface area contributed by atoms with E-state index >= 15 is 0 Å². The van der Waals surface area contributed by atoms with Crippen LogP contribution in [-0.2, 0) is 4.74 Å². The molecule has 1 fully saturated rings. The summed E-state index contributed by atoms with van der Waals surface area (Å²) in [5.74, 6) is 0.0633. The van der Waals surface area contributed by atoms with Gasteiger partial charge in [0.2, 0.25) is 0 Å². The van der Waals surface area contributed by atoms with Gasteiger partial charge in [0.05, 0.1) is 6.10 Å². The van der Waals surface area contributed by atoms with Crippen LogP contribution >= 0.6 is 0 Å². The Morgan fingerprint density at radius 1 is 1.43 bits per heavy atom. The quantitative estimate of drug-likeness (QED) is 0.900. The first kappa shape index (κ1) is 16.1. The third-order valence-corrected chi connectivity index (χ3v) is 3.85. The van der Waals surface area contributed by atoms with Gasteiger partial charge < -0.3 is 14.8 Å². The van der Waals surface area contributed by atoms with Gasteiger partial charge in [-0.3, -0.25) is 0 Å². The van der Waals surface area contributed by atoms with Gasteiger partial charge in [0.1, 0.15) is 5.75 Å². The second-order valence-corrected chi connectivity index (χ2v) is 5.16. The van der Waals surface area contributed by atoms with Crippen LogP contribution in [0.4, 0.5) is 13.2 Å². The summed E-state index contributed by atoms with van der Waals surface area (Å²) in [6, 6.07) is 6.10. The zero-order valence-corrected chi connectivity index (χ0v) is 12.1. The van der Waals surface area contributed by atoms with Crippen molar-refractivity contribution in [2.24, 2.45) is 5.92 Å². The minimum atomic E-state index is -4.67. The molecule has 0 aromatic heterocycles. The molecule has 1 N–H and O–H groups in total. The Labute approximate surface area is 122 Å². The van der Waals surface area contributed by atoms with Crippen LogP contribution in [0.5, 0.6) is 5.75 Å². The molecule has 3 unspecified atom stereocenters. The highest BCUT2D eigenvalue weighted by Crippen LogP contribution is 2.36. The largest absolute Gasteiger partial charge is 0.573 e. The summed E-state index contributed by atoms with van der Waals surface area (Å²) in [6.45, 7) is 2.75. The van der Waals surface area contributed by atoms with Crippen molar-refractivity contribution in [2.75, 3.05) is 13.7 Å². The van der Waals surface area contributed by atoms with E-state index in [-0.39, 0.29) is 23.8 Å².